The number of carbonyl (C=O) groups excluding carboxylic acids is 1. The van der Waals surface area contributed by atoms with Crippen LogP contribution in [0, 0.1) is 0 Å². The molecule has 3 heterocycles. The van der Waals surface area contributed by atoms with E-state index in [1.807, 2.05) is 0 Å². The molecule has 1 aromatic rings. The Kier molecular flexibility index (Phi) is 4.01. The molecule has 2 aliphatic rings. The first-order valence-corrected chi connectivity index (χ1v) is 7.52. The van der Waals surface area contributed by atoms with E-state index in [2.05, 4.69) is 21.8 Å². The van der Waals surface area contributed by atoms with Crippen LogP contribution in [0.25, 0.3) is 0 Å². The number of pyridine rings is 1. The van der Waals surface area contributed by atoms with Gasteiger partial charge in [-0.1, -0.05) is 11.6 Å². The fourth-order valence-electron chi connectivity index (χ4n) is 3.08. The van der Waals surface area contributed by atoms with Gasteiger partial charge in [-0.3, -0.25) is 14.5 Å². The molecule has 1 atom stereocenters. The van der Waals surface area contributed by atoms with E-state index < -0.39 is 0 Å². The molecular formula is C14H19ClN4O2. The van der Waals surface area contributed by atoms with Crippen molar-refractivity contribution in [2.75, 3.05) is 46.3 Å². The Bertz CT molecular complexity index is 603. The molecule has 1 amide bonds. The summed E-state index contributed by atoms with van der Waals surface area (Å²) in [6.45, 7) is 5.25. The van der Waals surface area contributed by atoms with Crippen LogP contribution in [-0.4, -0.2) is 77.9 Å². The zero-order valence-corrected chi connectivity index (χ0v) is 12.8. The molecule has 7 heteroatoms. The highest BCUT2D eigenvalue weighted by Crippen LogP contribution is 2.16. The number of fused-ring (bicyclic) bond motifs is 1. The highest BCUT2D eigenvalue weighted by atomic mass is 35.5. The van der Waals surface area contributed by atoms with Crippen LogP contribution in [0.1, 0.15) is 10.4 Å². The highest BCUT2D eigenvalue weighted by Gasteiger charge is 2.33. The smallest absolute Gasteiger partial charge is 0.260 e. The van der Waals surface area contributed by atoms with Gasteiger partial charge in [0.25, 0.3) is 11.5 Å². The third-order valence-corrected chi connectivity index (χ3v) is 4.50. The molecule has 21 heavy (non-hydrogen) atoms. The van der Waals surface area contributed by atoms with Gasteiger partial charge >= 0.3 is 0 Å². The Labute approximate surface area is 128 Å². The minimum absolute atomic E-state index is 0.125. The molecular weight excluding hydrogens is 292 g/mol. The number of hydrogen-bond donors (Lipinski definition) is 1. The molecule has 1 N–H and O–H groups in total. The van der Waals surface area contributed by atoms with Crippen LogP contribution in [0.2, 0.25) is 5.02 Å². The zero-order chi connectivity index (χ0) is 15.0. The van der Waals surface area contributed by atoms with Crippen LogP contribution in [0.4, 0.5) is 0 Å². The minimum atomic E-state index is -0.382. The number of H-pyrrole nitrogens is 1. The van der Waals surface area contributed by atoms with Crippen LogP contribution < -0.4 is 5.56 Å². The topological polar surface area (TPSA) is 59.6 Å². The highest BCUT2D eigenvalue weighted by molar-refractivity contribution is 6.30. The van der Waals surface area contributed by atoms with Crippen molar-refractivity contribution in [1.82, 2.24) is 19.7 Å². The molecule has 3 rings (SSSR count). The fraction of sp³-hybridized carbons (Fsp3) is 0.571. The Morgan fingerprint density at radius 1 is 1.29 bits per heavy atom. The number of carbonyl (C=O) groups is 1. The van der Waals surface area contributed by atoms with Crippen LogP contribution in [-0.2, 0) is 0 Å². The van der Waals surface area contributed by atoms with Crippen molar-refractivity contribution < 1.29 is 4.79 Å². The number of nitrogens with one attached hydrogen (secondary N) is 1. The predicted octanol–water partition coefficient (Wildman–Crippen LogP) is 0.100. The van der Waals surface area contributed by atoms with E-state index in [4.69, 9.17) is 11.6 Å². The lowest BCUT2D eigenvalue weighted by Gasteiger charge is -2.46. The van der Waals surface area contributed by atoms with Gasteiger partial charge in [-0.25, -0.2) is 0 Å². The summed E-state index contributed by atoms with van der Waals surface area (Å²) in [6.07, 6.45) is 1.40. The van der Waals surface area contributed by atoms with E-state index in [9.17, 15) is 9.59 Å². The summed E-state index contributed by atoms with van der Waals surface area (Å²) in [7, 11) is 2.10. The molecule has 0 saturated carbocycles. The predicted molar refractivity (Wildman–Crippen MR) is 80.8 cm³/mol. The SMILES string of the molecule is CN1CCN2CCN(C(=O)c3cc(Cl)c[nH]c3=O)C[C@H]2C1. The van der Waals surface area contributed by atoms with Gasteiger partial charge in [0.2, 0.25) is 0 Å². The van der Waals surface area contributed by atoms with Crippen LogP contribution in [0.3, 0.4) is 0 Å². The third-order valence-electron chi connectivity index (χ3n) is 4.28. The first-order chi connectivity index (χ1) is 10.0. The number of nitrogens with zero attached hydrogens (tertiary/aromatic N) is 3. The molecule has 114 valence electrons. The second kappa shape index (κ2) is 5.79. The van der Waals surface area contributed by atoms with Gasteiger partial charge in [0.1, 0.15) is 5.56 Å². The average Bonchev–Trinajstić information content (AvgIpc) is 2.48. The average molecular weight is 311 g/mol. The second-order valence-corrected chi connectivity index (χ2v) is 6.20. The van der Waals surface area contributed by atoms with E-state index in [0.717, 1.165) is 26.2 Å². The van der Waals surface area contributed by atoms with Crippen LogP contribution in [0.15, 0.2) is 17.1 Å². The maximum absolute atomic E-state index is 12.5. The van der Waals surface area contributed by atoms with E-state index in [1.54, 1.807) is 4.90 Å². The standard InChI is InChI=1S/C14H19ClN4O2/c1-17-2-3-18-4-5-19(9-11(18)8-17)14(21)12-6-10(15)7-16-13(12)20/h6-7,11H,2-5,8-9H2,1H3,(H,16,20)/t11-/m1/s1. The number of rotatable bonds is 1. The lowest BCUT2D eigenvalue weighted by atomic mass is 10.1. The zero-order valence-electron chi connectivity index (χ0n) is 12.0. The molecule has 0 aromatic carbocycles. The number of aromatic nitrogens is 1. The fourth-order valence-corrected chi connectivity index (χ4v) is 3.25. The number of likely N-dealkylation sites (N-methyl/N-ethyl adjacent to an activating group) is 1. The Morgan fingerprint density at radius 2 is 2.05 bits per heavy atom. The van der Waals surface area contributed by atoms with Gasteiger partial charge in [0.15, 0.2) is 0 Å². The number of halogens is 1. The van der Waals surface area contributed by atoms with Crippen molar-refractivity contribution >= 4 is 17.5 Å². The monoisotopic (exact) mass is 310 g/mol. The summed E-state index contributed by atoms with van der Waals surface area (Å²) >= 11 is 5.87. The molecule has 2 saturated heterocycles. The van der Waals surface area contributed by atoms with Gasteiger partial charge in [0, 0.05) is 51.5 Å². The molecule has 2 fully saturated rings. The maximum Gasteiger partial charge on any atom is 0.260 e. The molecule has 0 aliphatic carbocycles. The number of aromatic amines is 1. The third kappa shape index (κ3) is 2.97. The lowest BCUT2D eigenvalue weighted by Crippen LogP contribution is -2.62. The number of hydrogen-bond acceptors (Lipinski definition) is 4. The first kappa shape index (κ1) is 14.6. The van der Waals surface area contributed by atoms with Gasteiger partial charge in [-0.2, -0.15) is 0 Å². The van der Waals surface area contributed by atoms with Crippen molar-refractivity contribution in [1.29, 1.82) is 0 Å². The van der Waals surface area contributed by atoms with Crippen LogP contribution in [0.5, 0.6) is 0 Å². The Balaban J connectivity index is 1.76. The maximum atomic E-state index is 12.5. The summed E-state index contributed by atoms with van der Waals surface area (Å²) in [5, 5.41) is 0.369. The van der Waals surface area contributed by atoms with E-state index >= 15 is 0 Å². The summed E-state index contributed by atoms with van der Waals surface area (Å²) in [5.74, 6) is -0.230. The minimum Gasteiger partial charge on any atom is -0.336 e. The molecule has 0 unspecified atom stereocenters. The van der Waals surface area contributed by atoms with Gasteiger partial charge in [-0.05, 0) is 13.1 Å². The largest absolute Gasteiger partial charge is 0.336 e. The molecule has 2 aliphatic heterocycles. The molecule has 0 spiro atoms. The van der Waals surface area contributed by atoms with Gasteiger partial charge < -0.3 is 14.8 Å². The first-order valence-electron chi connectivity index (χ1n) is 7.14. The number of piperazine rings is 2. The molecule has 1 aromatic heterocycles. The Morgan fingerprint density at radius 3 is 2.86 bits per heavy atom. The van der Waals surface area contributed by atoms with Crippen LogP contribution >= 0.6 is 11.6 Å². The van der Waals surface area contributed by atoms with E-state index in [-0.39, 0.29) is 17.0 Å². The molecule has 6 nitrogen and oxygen atoms in total. The van der Waals surface area contributed by atoms with Crippen molar-refractivity contribution in [2.45, 2.75) is 6.04 Å². The van der Waals surface area contributed by atoms with Gasteiger partial charge in [-0.15, -0.1) is 0 Å². The summed E-state index contributed by atoms with van der Waals surface area (Å²) in [5.41, 5.74) is -0.257. The van der Waals surface area contributed by atoms with Crippen molar-refractivity contribution in [3.05, 3.63) is 33.2 Å². The van der Waals surface area contributed by atoms with E-state index in [1.165, 1.54) is 12.3 Å². The summed E-state index contributed by atoms with van der Waals surface area (Å²) in [4.78, 5) is 33.3. The van der Waals surface area contributed by atoms with E-state index in [0.29, 0.717) is 24.2 Å². The van der Waals surface area contributed by atoms with Crippen molar-refractivity contribution in [2.24, 2.45) is 0 Å². The number of amides is 1. The molecule has 0 bridgehead atoms. The van der Waals surface area contributed by atoms with Crippen molar-refractivity contribution in [3.63, 3.8) is 0 Å². The Hall–Kier alpha value is -1.37. The van der Waals surface area contributed by atoms with Gasteiger partial charge in [0.05, 0.1) is 5.02 Å². The normalized spacial score (nSPS) is 23.9. The summed E-state index contributed by atoms with van der Waals surface area (Å²) < 4.78 is 0. The second-order valence-electron chi connectivity index (χ2n) is 5.76. The quantitative estimate of drug-likeness (QED) is 0.799. The summed E-state index contributed by atoms with van der Waals surface area (Å²) in [6, 6.07) is 1.79. The van der Waals surface area contributed by atoms with Crippen molar-refractivity contribution in [3.8, 4) is 0 Å². The molecule has 0 radical (unpaired) electrons. The lowest BCUT2D eigenvalue weighted by molar-refractivity contribution is 0.0189.